The Kier molecular flexibility index (Phi) is 11.8. The van der Waals surface area contributed by atoms with Crippen LogP contribution in [-0.2, 0) is 28.6 Å². The molecule has 0 aliphatic heterocycles. The van der Waals surface area contributed by atoms with Crippen molar-refractivity contribution < 1.29 is 25.2 Å². The summed E-state index contributed by atoms with van der Waals surface area (Å²) in [5.41, 5.74) is 0. The van der Waals surface area contributed by atoms with Gasteiger partial charge in [-0.1, -0.05) is 6.42 Å². The van der Waals surface area contributed by atoms with Crippen LogP contribution in [0.3, 0.4) is 0 Å². The summed E-state index contributed by atoms with van der Waals surface area (Å²) >= 11 is 0. The highest BCUT2D eigenvalue weighted by Gasteiger charge is 1.99. The van der Waals surface area contributed by atoms with Gasteiger partial charge in [-0.05, 0) is 12.8 Å². The van der Waals surface area contributed by atoms with Gasteiger partial charge in [0.05, 0.1) is 25.7 Å². The van der Waals surface area contributed by atoms with E-state index >= 15 is 0 Å². The molecule has 0 saturated carbocycles. The molecule has 0 aromatic rings. The standard InChI is InChI=1S/C15H24O6S2/c1-22(16,17)20-14-12-10-8-6-4-3-5-7-9-11-13-15-21-23(2,18)19/h3-7,12-15H2,1-2H3. The van der Waals surface area contributed by atoms with E-state index in [0.29, 0.717) is 12.8 Å². The molecular formula is C15H24O6S2. The van der Waals surface area contributed by atoms with Gasteiger partial charge >= 0.3 is 0 Å². The van der Waals surface area contributed by atoms with E-state index in [4.69, 9.17) is 0 Å². The predicted molar refractivity (Wildman–Crippen MR) is 89.5 cm³/mol. The van der Waals surface area contributed by atoms with E-state index in [2.05, 4.69) is 32.0 Å². The molecule has 0 bridgehead atoms. The Morgan fingerprint density at radius 1 is 0.609 bits per heavy atom. The highest BCUT2D eigenvalue weighted by Crippen LogP contribution is 2.01. The Hall–Kier alpha value is -1.06. The van der Waals surface area contributed by atoms with E-state index in [1.165, 1.54) is 0 Å². The van der Waals surface area contributed by atoms with Crippen molar-refractivity contribution in [1.29, 1.82) is 0 Å². The van der Waals surface area contributed by atoms with Crippen LogP contribution in [0.25, 0.3) is 0 Å². The van der Waals surface area contributed by atoms with Gasteiger partial charge in [0.25, 0.3) is 20.2 Å². The lowest BCUT2D eigenvalue weighted by Gasteiger charge is -1.95. The Bertz CT molecular complexity index is 584. The first-order chi connectivity index (χ1) is 10.7. The van der Waals surface area contributed by atoms with Crippen molar-refractivity contribution in [1.82, 2.24) is 0 Å². The van der Waals surface area contributed by atoms with E-state index in [1.54, 1.807) is 0 Å². The summed E-state index contributed by atoms with van der Waals surface area (Å²) in [5.74, 6) is 11.7. The summed E-state index contributed by atoms with van der Waals surface area (Å²) in [6, 6.07) is 0. The molecule has 0 atom stereocenters. The van der Waals surface area contributed by atoms with E-state index in [1.807, 2.05) is 0 Å². The van der Waals surface area contributed by atoms with Crippen LogP contribution < -0.4 is 0 Å². The van der Waals surface area contributed by atoms with Gasteiger partial charge in [-0.3, -0.25) is 8.37 Å². The Labute approximate surface area is 140 Å². The second-order valence-corrected chi connectivity index (χ2v) is 8.11. The van der Waals surface area contributed by atoms with Crippen LogP contribution in [0, 0.1) is 23.7 Å². The van der Waals surface area contributed by atoms with Gasteiger partial charge in [0, 0.05) is 25.7 Å². The van der Waals surface area contributed by atoms with Crippen molar-refractivity contribution in [2.75, 3.05) is 25.7 Å². The number of hydrogen-bond acceptors (Lipinski definition) is 6. The molecule has 0 rings (SSSR count). The summed E-state index contributed by atoms with van der Waals surface area (Å²) in [7, 11) is -6.73. The van der Waals surface area contributed by atoms with Crippen LogP contribution in [0.15, 0.2) is 0 Å². The summed E-state index contributed by atoms with van der Waals surface area (Å²) in [6.07, 6.45) is 7.36. The smallest absolute Gasteiger partial charge is 0.264 e. The molecule has 0 N–H and O–H groups in total. The second-order valence-electron chi connectivity index (χ2n) is 4.82. The van der Waals surface area contributed by atoms with Crippen LogP contribution in [0.2, 0.25) is 0 Å². The molecule has 0 heterocycles. The molecule has 8 heteroatoms. The van der Waals surface area contributed by atoms with Crippen LogP contribution in [-0.4, -0.2) is 42.6 Å². The van der Waals surface area contributed by atoms with Crippen molar-refractivity contribution in [3.8, 4) is 23.7 Å². The quantitative estimate of drug-likeness (QED) is 0.333. The van der Waals surface area contributed by atoms with Crippen LogP contribution in [0.5, 0.6) is 0 Å². The Morgan fingerprint density at radius 2 is 0.957 bits per heavy atom. The predicted octanol–water partition coefficient (Wildman–Crippen LogP) is 1.68. The maximum atomic E-state index is 10.7. The monoisotopic (exact) mass is 364 g/mol. The maximum absolute atomic E-state index is 10.7. The van der Waals surface area contributed by atoms with Crippen LogP contribution >= 0.6 is 0 Å². The van der Waals surface area contributed by atoms with E-state index in [-0.39, 0.29) is 13.2 Å². The van der Waals surface area contributed by atoms with Gasteiger partial charge in [-0.15, -0.1) is 23.7 Å². The molecule has 23 heavy (non-hydrogen) atoms. The molecule has 0 saturated heterocycles. The normalized spacial score (nSPS) is 11.2. The van der Waals surface area contributed by atoms with Gasteiger partial charge < -0.3 is 0 Å². The zero-order valence-corrected chi connectivity index (χ0v) is 15.3. The SMILES string of the molecule is CS(=O)(=O)OCCC#CCCCCCC#CCCOS(C)(=O)=O. The molecule has 132 valence electrons. The average Bonchev–Trinajstić information content (AvgIpc) is 2.40. The van der Waals surface area contributed by atoms with E-state index < -0.39 is 20.2 Å². The number of rotatable bonds is 10. The minimum absolute atomic E-state index is 0.102. The Morgan fingerprint density at radius 3 is 1.30 bits per heavy atom. The topological polar surface area (TPSA) is 86.7 Å². The summed E-state index contributed by atoms with van der Waals surface area (Å²) in [5, 5.41) is 0. The minimum atomic E-state index is -3.37. The molecule has 0 fully saturated rings. The lowest BCUT2D eigenvalue weighted by molar-refractivity contribution is 0.329. The molecule has 0 unspecified atom stereocenters. The minimum Gasteiger partial charge on any atom is -0.269 e. The van der Waals surface area contributed by atoms with Crippen LogP contribution in [0.4, 0.5) is 0 Å². The van der Waals surface area contributed by atoms with Gasteiger partial charge in [-0.25, -0.2) is 0 Å². The molecule has 0 aliphatic rings. The molecular weight excluding hydrogens is 340 g/mol. The van der Waals surface area contributed by atoms with Gasteiger partial charge in [-0.2, -0.15) is 16.8 Å². The van der Waals surface area contributed by atoms with Gasteiger partial charge in [0.2, 0.25) is 0 Å². The lowest BCUT2D eigenvalue weighted by Crippen LogP contribution is -2.03. The lowest BCUT2D eigenvalue weighted by atomic mass is 10.1. The molecule has 0 aliphatic carbocycles. The van der Waals surface area contributed by atoms with Crippen molar-refractivity contribution >= 4 is 20.2 Å². The zero-order chi connectivity index (χ0) is 17.6. The largest absolute Gasteiger partial charge is 0.269 e. The summed E-state index contributed by atoms with van der Waals surface area (Å²) < 4.78 is 51.8. The second kappa shape index (κ2) is 12.4. The van der Waals surface area contributed by atoms with E-state index in [9.17, 15) is 16.8 Å². The molecule has 0 aromatic heterocycles. The van der Waals surface area contributed by atoms with Gasteiger partial charge in [0.1, 0.15) is 0 Å². The van der Waals surface area contributed by atoms with Crippen LogP contribution in [0.1, 0.15) is 44.9 Å². The fourth-order valence-corrected chi connectivity index (χ4v) is 2.22. The molecule has 0 amide bonds. The third-order valence-corrected chi connectivity index (χ3v) is 3.59. The molecule has 0 spiro atoms. The third-order valence-electron chi connectivity index (χ3n) is 2.40. The maximum Gasteiger partial charge on any atom is 0.264 e. The fourth-order valence-electron chi connectivity index (χ4n) is 1.45. The van der Waals surface area contributed by atoms with Crippen molar-refractivity contribution in [2.45, 2.75) is 44.9 Å². The van der Waals surface area contributed by atoms with Gasteiger partial charge in [0.15, 0.2) is 0 Å². The average molecular weight is 364 g/mol. The fraction of sp³-hybridized carbons (Fsp3) is 0.733. The van der Waals surface area contributed by atoms with Crippen molar-refractivity contribution in [2.24, 2.45) is 0 Å². The van der Waals surface area contributed by atoms with Crippen molar-refractivity contribution in [3.63, 3.8) is 0 Å². The Balaban J connectivity index is 3.44. The van der Waals surface area contributed by atoms with Crippen molar-refractivity contribution in [3.05, 3.63) is 0 Å². The first kappa shape index (κ1) is 21.9. The zero-order valence-electron chi connectivity index (χ0n) is 13.6. The van der Waals surface area contributed by atoms with E-state index in [0.717, 1.165) is 44.6 Å². The summed E-state index contributed by atoms with van der Waals surface area (Å²) in [6.45, 7) is 0.203. The number of hydrogen-bond donors (Lipinski definition) is 0. The molecule has 0 aromatic carbocycles. The first-order valence-corrected chi connectivity index (χ1v) is 10.9. The first-order valence-electron chi connectivity index (χ1n) is 7.31. The molecule has 0 radical (unpaired) electrons. The third kappa shape index (κ3) is 20.9. The number of unbranched alkanes of at least 4 members (excludes halogenated alkanes) is 4. The highest BCUT2D eigenvalue weighted by atomic mass is 32.2. The highest BCUT2D eigenvalue weighted by molar-refractivity contribution is 7.86. The molecule has 6 nitrogen and oxygen atoms in total. The summed E-state index contributed by atoms with van der Waals surface area (Å²) in [4.78, 5) is 0.